The highest BCUT2D eigenvalue weighted by atomic mass is 32.2. The van der Waals surface area contributed by atoms with Gasteiger partial charge in [-0.2, -0.15) is 0 Å². The van der Waals surface area contributed by atoms with Gasteiger partial charge in [0, 0.05) is 16.6 Å². The van der Waals surface area contributed by atoms with Crippen molar-refractivity contribution in [3.8, 4) is 0 Å². The standard InChI is InChI=1S/C15H21FN2OS/c16-11-7-12(17)9-14(8-11)20-10-15(19)18-13-5-3-1-2-4-6-13/h7-9,13H,1-6,10,17H2,(H,18,19). The van der Waals surface area contributed by atoms with Crippen LogP contribution in [0.4, 0.5) is 10.1 Å². The third kappa shape index (κ3) is 5.04. The molecule has 3 nitrogen and oxygen atoms in total. The number of hydrogen-bond donors (Lipinski definition) is 2. The summed E-state index contributed by atoms with van der Waals surface area (Å²) >= 11 is 1.32. The fourth-order valence-corrected chi connectivity index (χ4v) is 3.31. The summed E-state index contributed by atoms with van der Waals surface area (Å²) < 4.78 is 13.2. The van der Waals surface area contributed by atoms with Crippen LogP contribution in [0.2, 0.25) is 0 Å². The number of halogens is 1. The molecule has 110 valence electrons. The van der Waals surface area contributed by atoms with E-state index in [4.69, 9.17) is 5.73 Å². The van der Waals surface area contributed by atoms with Crippen LogP contribution in [0.15, 0.2) is 23.1 Å². The van der Waals surface area contributed by atoms with E-state index in [0.29, 0.717) is 22.4 Å². The minimum absolute atomic E-state index is 0.0183. The van der Waals surface area contributed by atoms with Gasteiger partial charge >= 0.3 is 0 Å². The van der Waals surface area contributed by atoms with Crippen molar-refractivity contribution >= 4 is 23.4 Å². The van der Waals surface area contributed by atoms with Crippen LogP contribution in [0, 0.1) is 5.82 Å². The molecule has 1 amide bonds. The van der Waals surface area contributed by atoms with Crippen molar-refractivity contribution in [1.29, 1.82) is 0 Å². The number of carbonyl (C=O) groups is 1. The molecular weight excluding hydrogens is 275 g/mol. The fraction of sp³-hybridized carbons (Fsp3) is 0.533. The number of amides is 1. The Hall–Kier alpha value is -1.23. The normalized spacial score (nSPS) is 16.6. The molecule has 0 unspecified atom stereocenters. The molecule has 0 aliphatic heterocycles. The number of benzene rings is 1. The van der Waals surface area contributed by atoms with Gasteiger partial charge in [0.15, 0.2) is 0 Å². The van der Waals surface area contributed by atoms with E-state index in [2.05, 4.69) is 5.32 Å². The number of carbonyl (C=O) groups excluding carboxylic acids is 1. The molecule has 0 saturated heterocycles. The molecule has 5 heteroatoms. The molecule has 1 aromatic carbocycles. The molecule has 2 rings (SSSR count). The number of nitrogens with one attached hydrogen (secondary N) is 1. The summed E-state index contributed by atoms with van der Waals surface area (Å²) in [6.45, 7) is 0. The largest absolute Gasteiger partial charge is 0.399 e. The maximum atomic E-state index is 13.2. The van der Waals surface area contributed by atoms with Crippen LogP contribution in [0.25, 0.3) is 0 Å². The van der Waals surface area contributed by atoms with Gasteiger partial charge in [0.1, 0.15) is 5.82 Å². The number of anilines is 1. The molecule has 0 heterocycles. The monoisotopic (exact) mass is 296 g/mol. The summed E-state index contributed by atoms with van der Waals surface area (Å²) in [7, 11) is 0. The number of rotatable bonds is 4. The molecule has 0 bridgehead atoms. The first-order chi connectivity index (χ1) is 9.63. The molecular formula is C15H21FN2OS. The highest BCUT2D eigenvalue weighted by Crippen LogP contribution is 2.22. The van der Waals surface area contributed by atoms with Crippen molar-refractivity contribution in [2.24, 2.45) is 0 Å². The Morgan fingerprint density at radius 2 is 1.95 bits per heavy atom. The van der Waals surface area contributed by atoms with E-state index in [9.17, 15) is 9.18 Å². The highest BCUT2D eigenvalue weighted by Gasteiger charge is 2.14. The van der Waals surface area contributed by atoms with Gasteiger partial charge in [-0.05, 0) is 31.0 Å². The number of nitrogen functional groups attached to an aromatic ring is 1. The van der Waals surface area contributed by atoms with E-state index < -0.39 is 0 Å². The molecule has 0 atom stereocenters. The van der Waals surface area contributed by atoms with Crippen molar-refractivity contribution in [3.63, 3.8) is 0 Å². The van der Waals surface area contributed by atoms with Crippen molar-refractivity contribution in [2.75, 3.05) is 11.5 Å². The second-order valence-corrected chi connectivity index (χ2v) is 6.31. The summed E-state index contributed by atoms with van der Waals surface area (Å²) in [4.78, 5) is 12.6. The van der Waals surface area contributed by atoms with Crippen LogP contribution in [0.1, 0.15) is 38.5 Å². The van der Waals surface area contributed by atoms with Crippen molar-refractivity contribution in [2.45, 2.75) is 49.5 Å². The summed E-state index contributed by atoms with van der Waals surface area (Å²) in [6, 6.07) is 4.67. The first kappa shape index (κ1) is 15.2. The second-order valence-electron chi connectivity index (χ2n) is 5.26. The lowest BCUT2D eigenvalue weighted by atomic mass is 10.1. The van der Waals surface area contributed by atoms with Gasteiger partial charge in [-0.25, -0.2) is 4.39 Å². The average molecular weight is 296 g/mol. The van der Waals surface area contributed by atoms with Crippen LogP contribution in [0.3, 0.4) is 0 Å². The van der Waals surface area contributed by atoms with Crippen LogP contribution < -0.4 is 11.1 Å². The van der Waals surface area contributed by atoms with Gasteiger partial charge in [-0.1, -0.05) is 25.7 Å². The summed E-state index contributed by atoms with van der Waals surface area (Å²) in [6.07, 6.45) is 7.07. The molecule has 20 heavy (non-hydrogen) atoms. The van der Waals surface area contributed by atoms with E-state index in [-0.39, 0.29) is 11.7 Å². The zero-order valence-electron chi connectivity index (χ0n) is 11.5. The predicted molar refractivity (Wildman–Crippen MR) is 81.2 cm³/mol. The average Bonchev–Trinajstić information content (AvgIpc) is 2.64. The quantitative estimate of drug-likeness (QED) is 0.509. The van der Waals surface area contributed by atoms with E-state index in [1.165, 1.54) is 49.6 Å². The zero-order valence-corrected chi connectivity index (χ0v) is 12.3. The Bertz CT molecular complexity index is 439. The van der Waals surface area contributed by atoms with E-state index >= 15 is 0 Å². The van der Waals surface area contributed by atoms with Crippen molar-refractivity contribution in [3.05, 3.63) is 24.0 Å². The number of nitrogens with two attached hydrogens (primary N) is 1. The lowest BCUT2D eigenvalue weighted by molar-refractivity contribution is -0.119. The molecule has 0 aromatic heterocycles. The lowest BCUT2D eigenvalue weighted by Crippen LogP contribution is -2.35. The maximum Gasteiger partial charge on any atom is 0.230 e. The Labute approximate surface area is 123 Å². The topological polar surface area (TPSA) is 55.1 Å². The fourth-order valence-electron chi connectivity index (χ4n) is 2.51. The Morgan fingerprint density at radius 3 is 2.60 bits per heavy atom. The van der Waals surface area contributed by atoms with Gasteiger partial charge in [0.05, 0.1) is 5.75 Å². The summed E-state index contributed by atoms with van der Waals surface area (Å²) in [5, 5.41) is 3.07. The zero-order chi connectivity index (χ0) is 14.4. The smallest absolute Gasteiger partial charge is 0.230 e. The molecule has 1 fully saturated rings. The Balaban J connectivity index is 1.79. The van der Waals surface area contributed by atoms with Crippen molar-refractivity contribution in [1.82, 2.24) is 5.32 Å². The molecule has 0 radical (unpaired) electrons. The molecule has 1 aromatic rings. The van der Waals surface area contributed by atoms with E-state index in [1.54, 1.807) is 6.07 Å². The first-order valence-corrected chi connectivity index (χ1v) is 8.10. The van der Waals surface area contributed by atoms with Crippen LogP contribution >= 0.6 is 11.8 Å². The highest BCUT2D eigenvalue weighted by molar-refractivity contribution is 8.00. The lowest BCUT2D eigenvalue weighted by Gasteiger charge is -2.16. The van der Waals surface area contributed by atoms with Gasteiger partial charge in [0.25, 0.3) is 0 Å². The predicted octanol–water partition coefficient (Wildman–Crippen LogP) is 3.34. The summed E-state index contributed by atoms with van der Waals surface area (Å²) in [5.41, 5.74) is 5.96. The van der Waals surface area contributed by atoms with E-state index in [0.717, 1.165) is 12.8 Å². The minimum atomic E-state index is -0.364. The van der Waals surface area contributed by atoms with Gasteiger partial charge < -0.3 is 11.1 Å². The molecule has 1 aliphatic carbocycles. The van der Waals surface area contributed by atoms with Gasteiger partial charge in [0.2, 0.25) is 5.91 Å². The summed E-state index contributed by atoms with van der Waals surface area (Å²) in [5.74, 6) is -0.0410. The molecule has 3 N–H and O–H groups in total. The molecule has 1 aliphatic rings. The van der Waals surface area contributed by atoms with Gasteiger partial charge in [-0.15, -0.1) is 11.8 Å². The third-order valence-electron chi connectivity index (χ3n) is 3.48. The Morgan fingerprint density at radius 1 is 1.25 bits per heavy atom. The van der Waals surface area contributed by atoms with Crippen molar-refractivity contribution < 1.29 is 9.18 Å². The number of hydrogen-bond acceptors (Lipinski definition) is 3. The Kier molecular flexibility index (Phi) is 5.71. The van der Waals surface area contributed by atoms with Crippen LogP contribution in [-0.4, -0.2) is 17.7 Å². The molecule has 0 spiro atoms. The first-order valence-electron chi connectivity index (χ1n) is 7.12. The van der Waals surface area contributed by atoms with Crippen LogP contribution in [-0.2, 0) is 4.79 Å². The molecule has 1 saturated carbocycles. The van der Waals surface area contributed by atoms with E-state index in [1.807, 2.05) is 0 Å². The van der Waals surface area contributed by atoms with Gasteiger partial charge in [-0.3, -0.25) is 4.79 Å². The van der Waals surface area contributed by atoms with Crippen LogP contribution in [0.5, 0.6) is 0 Å². The third-order valence-corrected chi connectivity index (χ3v) is 4.46. The SMILES string of the molecule is Nc1cc(F)cc(SCC(=O)NC2CCCCCC2)c1. The minimum Gasteiger partial charge on any atom is -0.399 e. The maximum absolute atomic E-state index is 13.2. The number of thioether (sulfide) groups is 1. The second kappa shape index (κ2) is 7.53.